The van der Waals surface area contributed by atoms with E-state index in [0.29, 0.717) is 11.8 Å². The van der Waals surface area contributed by atoms with Gasteiger partial charge < -0.3 is 15.8 Å². The summed E-state index contributed by atoms with van der Waals surface area (Å²) in [7, 11) is 0. The van der Waals surface area contributed by atoms with Crippen molar-refractivity contribution in [3.8, 4) is 5.75 Å². The van der Waals surface area contributed by atoms with Gasteiger partial charge >= 0.3 is 0 Å². The lowest BCUT2D eigenvalue weighted by Crippen LogP contribution is -2.20. The Bertz CT molecular complexity index is 448. The molecule has 0 heterocycles. The fraction of sp³-hybridized carbons (Fsp3) is 0.562. The highest BCUT2D eigenvalue weighted by atomic mass is 16.5. The van der Waals surface area contributed by atoms with Gasteiger partial charge in [0.1, 0.15) is 5.75 Å². The van der Waals surface area contributed by atoms with Gasteiger partial charge in [-0.05, 0) is 37.3 Å². The van der Waals surface area contributed by atoms with Crippen LogP contribution in [-0.4, -0.2) is 18.6 Å². The highest BCUT2D eigenvalue weighted by molar-refractivity contribution is 5.75. The van der Waals surface area contributed by atoms with E-state index in [1.54, 1.807) is 0 Å². The third kappa shape index (κ3) is 4.76. The third-order valence-corrected chi connectivity index (χ3v) is 3.84. The number of benzene rings is 1. The Morgan fingerprint density at radius 1 is 1.35 bits per heavy atom. The summed E-state index contributed by atoms with van der Waals surface area (Å²) in [6.07, 6.45) is 6.34. The molecule has 0 saturated heterocycles. The minimum atomic E-state index is -0.457. The van der Waals surface area contributed by atoms with Crippen molar-refractivity contribution in [2.45, 2.75) is 45.1 Å². The minimum absolute atomic E-state index is 0.0790. The van der Waals surface area contributed by atoms with E-state index in [4.69, 9.17) is 10.5 Å². The minimum Gasteiger partial charge on any atom is -0.484 e. The molecule has 1 aliphatic carbocycles. The maximum absolute atomic E-state index is 10.7. The molecule has 2 unspecified atom stereocenters. The van der Waals surface area contributed by atoms with Crippen LogP contribution in [0.2, 0.25) is 0 Å². The van der Waals surface area contributed by atoms with E-state index in [-0.39, 0.29) is 6.61 Å². The Morgan fingerprint density at radius 2 is 2.20 bits per heavy atom. The van der Waals surface area contributed by atoms with Crippen LogP contribution in [0.3, 0.4) is 0 Å². The van der Waals surface area contributed by atoms with Gasteiger partial charge in [0.25, 0.3) is 5.91 Å². The monoisotopic (exact) mass is 276 g/mol. The summed E-state index contributed by atoms with van der Waals surface area (Å²) in [5.41, 5.74) is 6.13. The Labute approximate surface area is 120 Å². The first-order valence-corrected chi connectivity index (χ1v) is 7.41. The average Bonchev–Trinajstić information content (AvgIpc) is 2.62. The summed E-state index contributed by atoms with van der Waals surface area (Å²) < 4.78 is 5.32. The zero-order chi connectivity index (χ0) is 14.4. The van der Waals surface area contributed by atoms with Crippen LogP contribution in [0, 0.1) is 5.92 Å². The second-order valence-corrected chi connectivity index (χ2v) is 5.74. The van der Waals surface area contributed by atoms with Crippen molar-refractivity contribution in [2.24, 2.45) is 11.7 Å². The molecular weight excluding hydrogens is 252 g/mol. The standard InChI is InChI=1S/C16H24N2O2/c1-12-4-2-5-13(9-8-12)18-14-6-3-7-15(10-14)20-11-16(17)19/h3,6-7,10,12-13,18H,2,4-5,8-9,11H2,1H3,(H2,17,19). The number of carbonyl (C=O) groups excluding carboxylic acids is 1. The molecule has 0 spiro atoms. The molecule has 0 bridgehead atoms. The highest BCUT2D eigenvalue weighted by Crippen LogP contribution is 2.26. The third-order valence-electron chi connectivity index (χ3n) is 3.84. The molecule has 1 saturated carbocycles. The molecule has 2 atom stereocenters. The summed E-state index contributed by atoms with van der Waals surface area (Å²) >= 11 is 0. The van der Waals surface area contributed by atoms with Gasteiger partial charge in [-0.1, -0.05) is 25.8 Å². The SMILES string of the molecule is CC1CCCC(Nc2cccc(OCC(N)=O)c2)CC1. The summed E-state index contributed by atoms with van der Waals surface area (Å²) in [6.45, 7) is 2.26. The molecule has 1 aliphatic rings. The van der Waals surface area contributed by atoms with E-state index >= 15 is 0 Å². The summed E-state index contributed by atoms with van der Waals surface area (Å²) in [5.74, 6) is 1.06. The van der Waals surface area contributed by atoms with Crippen molar-refractivity contribution >= 4 is 11.6 Å². The maximum atomic E-state index is 10.7. The van der Waals surface area contributed by atoms with E-state index in [1.165, 1.54) is 32.1 Å². The highest BCUT2D eigenvalue weighted by Gasteiger charge is 2.16. The number of primary amides is 1. The predicted octanol–water partition coefficient (Wildman–Crippen LogP) is 2.93. The fourth-order valence-electron chi connectivity index (χ4n) is 2.70. The molecular formula is C16H24N2O2. The molecule has 4 heteroatoms. The van der Waals surface area contributed by atoms with Crippen LogP contribution in [0.4, 0.5) is 5.69 Å². The lowest BCUT2D eigenvalue weighted by molar-refractivity contribution is -0.119. The number of rotatable bonds is 5. The molecule has 1 aromatic carbocycles. The maximum Gasteiger partial charge on any atom is 0.255 e. The van der Waals surface area contributed by atoms with E-state index < -0.39 is 5.91 Å². The van der Waals surface area contributed by atoms with Crippen LogP contribution in [0.1, 0.15) is 39.0 Å². The van der Waals surface area contributed by atoms with Crippen LogP contribution in [0.5, 0.6) is 5.75 Å². The van der Waals surface area contributed by atoms with Gasteiger partial charge in [0.2, 0.25) is 0 Å². The first-order chi connectivity index (χ1) is 9.63. The molecule has 20 heavy (non-hydrogen) atoms. The summed E-state index contributed by atoms with van der Waals surface area (Å²) in [5, 5.41) is 3.57. The zero-order valence-electron chi connectivity index (χ0n) is 12.1. The number of carbonyl (C=O) groups is 1. The Morgan fingerprint density at radius 3 is 3.00 bits per heavy atom. The second-order valence-electron chi connectivity index (χ2n) is 5.74. The smallest absolute Gasteiger partial charge is 0.255 e. The van der Waals surface area contributed by atoms with E-state index in [1.807, 2.05) is 24.3 Å². The molecule has 0 aliphatic heterocycles. The summed E-state index contributed by atoms with van der Waals surface area (Å²) in [4.78, 5) is 10.7. The lowest BCUT2D eigenvalue weighted by atomic mass is 10.0. The number of amides is 1. The topological polar surface area (TPSA) is 64.3 Å². The van der Waals surface area contributed by atoms with Crippen molar-refractivity contribution in [3.05, 3.63) is 24.3 Å². The number of hydrogen-bond donors (Lipinski definition) is 2. The molecule has 0 aromatic heterocycles. The van der Waals surface area contributed by atoms with E-state index in [2.05, 4.69) is 12.2 Å². The fourth-order valence-corrected chi connectivity index (χ4v) is 2.70. The second kappa shape index (κ2) is 7.17. The molecule has 110 valence electrons. The van der Waals surface area contributed by atoms with Crippen LogP contribution in [-0.2, 0) is 4.79 Å². The van der Waals surface area contributed by atoms with Crippen molar-refractivity contribution in [1.82, 2.24) is 0 Å². The van der Waals surface area contributed by atoms with E-state index in [9.17, 15) is 4.79 Å². The summed E-state index contributed by atoms with van der Waals surface area (Å²) in [6, 6.07) is 8.26. The quantitative estimate of drug-likeness (QED) is 0.813. The van der Waals surface area contributed by atoms with Crippen molar-refractivity contribution in [1.29, 1.82) is 0 Å². The van der Waals surface area contributed by atoms with Gasteiger partial charge in [0.15, 0.2) is 6.61 Å². The van der Waals surface area contributed by atoms with Crippen LogP contribution in [0.15, 0.2) is 24.3 Å². The van der Waals surface area contributed by atoms with Crippen molar-refractivity contribution in [2.75, 3.05) is 11.9 Å². The Balaban J connectivity index is 1.91. The molecule has 1 aromatic rings. The number of nitrogens with one attached hydrogen (secondary N) is 1. The zero-order valence-corrected chi connectivity index (χ0v) is 12.1. The first kappa shape index (κ1) is 14.7. The molecule has 0 radical (unpaired) electrons. The van der Waals surface area contributed by atoms with Gasteiger partial charge in [-0.3, -0.25) is 4.79 Å². The van der Waals surface area contributed by atoms with Crippen molar-refractivity contribution in [3.63, 3.8) is 0 Å². The van der Waals surface area contributed by atoms with Gasteiger partial charge in [-0.2, -0.15) is 0 Å². The molecule has 4 nitrogen and oxygen atoms in total. The number of ether oxygens (including phenoxy) is 1. The number of hydrogen-bond acceptors (Lipinski definition) is 3. The molecule has 2 rings (SSSR count). The Kier molecular flexibility index (Phi) is 5.27. The Hall–Kier alpha value is -1.71. The van der Waals surface area contributed by atoms with Crippen LogP contribution >= 0.6 is 0 Å². The predicted molar refractivity (Wildman–Crippen MR) is 80.8 cm³/mol. The molecule has 3 N–H and O–H groups in total. The van der Waals surface area contributed by atoms with Gasteiger partial charge in [-0.25, -0.2) is 0 Å². The number of anilines is 1. The normalized spacial score (nSPS) is 22.9. The molecule has 1 fully saturated rings. The van der Waals surface area contributed by atoms with Crippen LogP contribution < -0.4 is 15.8 Å². The van der Waals surface area contributed by atoms with Crippen LogP contribution in [0.25, 0.3) is 0 Å². The molecule has 1 amide bonds. The van der Waals surface area contributed by atoms with Crippen molar-refractivity contribution < 1.29 is 9.53 Å². The van der Waals surface area contributed by atoms with Gasteiger partial charge in [0.05, 0.1) is 0 Å². The average molecular weight is 276 g/mol. The largest absolute Gasteiger partial charge is 0.484 e. The van der Waals surface area contributed by atoms with Gasteiger partial charge in [0, 0.05) is 17.8 Å². The first-order valence-electron chi connectivity index (χ1n) is 7.41. The number of nitrogens with two attached hydrogens (primary N) is 1. The lowest BCUT2D eigenvalue weighted by Gasteiger charge is -2.18. The van der Waals surface area contributed by atoms with E-state index in [0.717, 1.165) is 11.6 Å². The van der Waals surface area contributed by atoms with Gasteiger partial charge in [-0.15, -0.1) is 0 Å².